The minimum Gasteiger partial charge on any atom is -0.484 e. The SMILES string of the molecule is Cc1cccc(OCC(=O)NNC(=S)NC(=O)COc2cccc3ccccc23)c1. The minimum absolute atomic E-state index is 0.0505. The Hall–Kier alpha value is -3.65. The normalized spacial score (nSPS) is 10.2. The number of rotatable bonds is 6. The van der Waals surface area contributed by atoms with Crippen LogP contribution in [0.25, 0.3) is 10.8 Å². The molecule has 3 N–H and O–H groups in total. The maximum atomic E-state index is 12.0. The Morgan fingerprint density at radius 2 is 1.60 bits per heavy atom. The third-order valence-electron chi connectivity index (χ3n) is 4.04. The maximum absolute atomic E-state index is 12.0. The van der Waals surface area contributed by atoms with Crippen LogP contribution in [0.3, 0.4) is 0 Å². The molecule has 0 fully saturated rings. The van der Waals surface area contributed by atoms with Crippen LogP contribution in [0, 0.1) is 6.92 Å². The molecule has 154 valence electrons. The van der Waals surface area contributed by atoms with Gasteiger partial charge in [0.05, 0.1) is 0 Å². The highest BCUT2D eigenvalue weighted by atomic mass is 32.1. The molecule has 0 aromatic heterocycles. The number of carbonyl (C=O) groups excluding carboxylic acids is 2. The quantitative estimate of drug-likeness (QED) is 0.417. The molecule has 3 aromatic carbocycles. The number of benzene rings is 3. The van der Waals surface area contributed by atoms with Crippen LogP contribution in [0.1, 0.15) is 5.56 Å². The van der Waals surface area contributed by atoms with Gasteiger partial charge in [-0.05, 0) is 48.3 Å². The van der Waals surface area contributed by atoms with Gasteiger partial charge in [-0.15, -0.1) is 0 Å². The number of nitrogens with one attached hydrogen (secondary N) is 3. The lowest BCUT2D eigenvalue weighted by Gasteiger charge is -2.12. The molecule has 0 bridgehead atoms. The highest BCUT2D eigenvalue weighted by Crippen LogP contribution is 2.24. The van der Waals surface area contributed by atoms with Crippen molar-refractivity contribution in [2.75, 3.05) is 13.2 Å². The molecule has 0 unspecified atom stereocenters. The number of hydrogen-bond donors (Lipinski definition) is 3. The van der Waals surface area contributed by atoms with E-state index in [-0.39, 0.29) is 18.3 Å². The molecular weight excluding hydrogens is 402 g/mol. The lowest BCUT2D eigenvalue weighted by atomic mass is 10.1. The topological polar surface area (TPSA) is 88.7 Å². The number of fused-ring (bicyclic) bond motifs is 1. The second kappa shape index (κ2) is 10.2. The number of carbonyl (C=O) groups is 2. The van der Waals surface area contributed by atoms with E-state index in [1.165, 1.54) is 0 Å². The van der Waals surface area contributed by atoms with Crippen molar-refractivity contribution < 1.29 is 19.1 Å². The van der Waals surface area contributed by atoms with Gasteiger partial charge in [0.15, 0.2) is 18.3 Å². The molecule has 2 amide bonds. The van der Waals surface area contributed by atoms with Gasteiger partial charge in [-0.25, -0.2) is 0 Å². The lowest BCUT2D eigenvalue weighted by molar-refractivity contribution is -0.124. The third kappa shape index (κ3) is 6.18. The molecule has 0 saturated carbocycles. The Morgan fingerprint density at radius 1 is 0.867 bits per heavy atom. The van der Waals surface area contributed by atoms with E-state index in [1.807, 2.05) is 61.5 Å². The molecule has 7 nitrogen and oxygen atoms in total. The summed E-state index contributed by atoms with van der Waals surface area (Å²) >= 11 is 5.00. The van der Waals surface area contributed by atoms with Gasteiger partial charge < -0.3 is 9.47 Å². The third-order valence-corrected chi connectivity index (χ3v) is 4.24. The van der Waals surface area contributed by atoms with Crippen LogP contribution in [0.2, 0.25) is 0 Å². The first-order valence-corrected chi connectivity index (χ1v) is 9.61. The second-order valence-corrected chi connectivity index (χ2v) is 6.83. The fraction of sp³-hybridized carbons (Fsp3) is 0.136. The molecule has 3 aromatic rings. The number of aryl methyl sites for hydroxylation is 1. The van der Waals surface area contributed by atoms with Crippen LogP contribution in [0.5, 0.6) is 11.5 Å². The second-order valence-electron chi connectivity index (χ2n) is 6.42. The fourth-order valence-electron chi connectivity index (χ4n) is 2.68. The van der Waals surface area contributed by atoms with Crippen molar-refractivity contribution in [3.8, 4) is 11.5 Å². The van der Waals surface area contributed by atoms with Crippen molar-refractivity contribution in [3.63, 3.8) is 0 Å². The zero-order valence-corrected chi connectivity index (χ0v) is 17.1. The number of ether oxygens (including phenoxy) is 2. The lowest BCUT2D eigenvalue weighted by Crippen LogP contribution is -2.50. The van der Waals surface area contributed by atoms with E-state index in [1.54, 1.807) is 12.1 Å². The number of amides is 2. The summed E-state index contributed by atoms with van der Waals surface area (Å²) in [5, 5.41) is 4.31. The summed E-state index contributed by atoms with van der Waals surface area (Å²) in [6.07, 6.45) is 0. The first-order valence-electron chi connectivity index (χ1n) is 9.20. The van der Waals surface area contributed by atoms with Crippen LogP contribution in [0.15, 0.2) is 66.7 Å². The predicted molar refractivity (Wildman–Crippen MR) is 118 cm³/mol. The first kappa shape index (κ1) is 21.1. The monoisotopic (exact) mass is 423 g/mol. The Kier molecular flexibility index (Phi) is 7.18. The smallest absolute Gasteiger partial charge is 0.276 e. The number of hydrogen-bond acceptors (Lipinski definition) is 5. The van der Waals surface area contributed by atoms with Gasteiger partial charge in [-0.1, -0.05) is 48.5 Å². The van der Waals surface area contributed by atoms with Crippen LogP contribution in [-0.2, 0) is 9.59 Å². The summed E-state index contributed by atoms with van der Waals surface area (Å²) in [6, 6.07) is 20.7. The van der Waals surface area contributed by atoms with Gasteiger partial charge in [-0.3, -0.25) is 25.8 Å². The van der Waals surface area contributed by atoms with Gasteiger partial charge in [-0.2, -0.15) is 0 Å². The first-order chi connectivity index (χ1) is 14.5. The molecule has 0 aliphatic heterocycles. The summed E-state index contributed by atoms with van der Waals surface area (Å²) in [5.41, 5.74) is 5.84. The van der Waals surface area contributed by atoms with E-state index >= 15 is 0 Å². The highest BCUT2D eigenvalue weighted by Gasteiger charge is 2.09. The molecule has 0 spiro atoms. The zero-order valence-electron chi connectivity index (χ0n) is 16.3. The summed E-state index contributed by atoms with van der Waals surface area (Å²) < 4.78 is 11.0. The molecule has 30 heavy (non-hydrogen) atoms. The van der Waals surface area contributed by atoms with Crippen molar-refractivity contribution in [1.82, 2.24) is 16.2 Å². The van der Waals surface area contributed by atoms with E-state index in [0.717, 1.165) is 16.3 Å². The molecular formula is C22H21N3O4S. The van der Waals surface area contributed by atoms with Crippen LogP contribution >= 0.6 is 12.2 Å². The predicted octanol–water partition coefficient (Wildman–Crippen LogP) is 2.63. The van der Waals surface area contributed by atoms with Gasteiger partial charge >= 0.3 is 0 Å². The number of thiocarbonyl (C=S) groups is 1. The van der Waals surface area contributed by atoms with Gasteiger partial charge in [0.1, 0.15) is 11.5 Å². The van der Waals surface area contributed by atoms with E-state index in [2.05, 4.69) is 16.2 Å². The molecule has 0 atom stereocenters. The largest absolute Gasteiger partial charge is 0.484 e. The highest BCUT2D eigenvalue weighted by molar-refractivity contribution is 7.80. The Morgan fingerprint density at radius 3 is 2.43 bits per heavy atom. The van der Waals surface area contributed by atoms with Crippen molar-refractivity contribution in [2.45, 2.75) is 6.92 Å². The summed E-state index contributed by atoms with van der Waals surface area (Å²) in [5.74, 6) is 0.293. The Balaban J connectivity index is 1.39. The average molecular weight is 423 g/mol. The van der Waals surface area contributed by atoms with Gasteiger partial charge in [0, 0.05) is 5.39 Å². The van der Waals surface area contributed by atoms with Crippen molar-refractivity contribution >= 4 is 39.9 Å². The molecule has 0 saturated heterocycles. The van der Waals surface area contributed by atoms with Crippen LogP contribution in [0.4, 0.5) is 0 Å². The van der Waals surface area contributed by atoms with E-state index < -0.39 is 11.8 Å². The zero-order chi connectivity index (χ0) is 21.3. The van der Waals surface area contributed by atoms with Crippen LogP contribution < -0.4 is 25.6 Å². The standard InChI is InChI=1S/C22H21N3O4S/c1-15-6-4-9-17(12-15)28-14-21(27)24-25-22(30)23-20(26)13-29-19-11-5-8-16-7-2-3-10-18(16)19/h2-12H,13-14H2,1H3,(H,24,27)(H2,23,25,26,30). The average Bonchev–Trinajstić information content (AvgIpc) is 2.75. The van der Waals surface area contributed by atoms with Gasteiger partial charge in [0.2, 0.25) is 0 Å². The minimum atomic E-state index is -0.453. The van der Waals surface area contributed by atoms with Crippen molar-refractivity contribution in [1.29, 1.82) is 0 Å². The van der Waals surface area contributed by atoms with Crippen LogP contribution in [-0.4, -0.2) is 30.1 Å². The molecule has 8 heteroatoms. The van der Waals surface area contributed by atoms with Gasteiger partial charge in [0.25, 0.3) is 11.8 Å². The van der Waals surface area contributed by atoms with Crippen molar-refractivity contribution in [3.05, 3.63) is 72.3 Å². The van der Waals surface area contributed by atoms with E-state index in [4.69, 9.17) is 21.7 Å². The maximum Gasteiger partial charge on any atom is 0.276 e. The summed E-state index contributed by atoms with van der Waals surface area (Å²) in [7, 11) is 0. The molecule has 0 heterocycles. The van der Waals surface area contributed by atoms with E-state index in [9.17, 15) is 9.59 Å². The fourth-order valence-corrected chi connectivity index (χ4v) is 2.84. The summed E-state index contributed by atoms with van der Waals surface area (Å²) in [6.45, 7) is 1.51. The summed E-state index contributed by atoms with van der Waals surface area (Å²) in [4.78, 5) is 23.9. The molecule has 0 aliphatic carbocycles. The molecule has 0 radical (unpaired) electrons. The Labute approximate surface area is 179 Å². The van der Waals surface area contributed by atoms with Crippen molar-refractivity contribution in [2.24, 2.45) is 0 Å². The molecule has 0 aliphatic rings. The van der Waals surface area contributed by atoms with E-state index in [0.29, 0.717) is 11.5 Å². The number of hydrazine groups is 1. The molecule has 3 rings (SSSR count). The Bertz CT molecular complexity index is 1070.